The highest BCUT2D eigenvalue weighted by atomic mass is 16.5. The summed E-state index contributed by atoms with van der Waals surface area (Å²) in [5.41, 5.74) is 2.45. The van der Waals surface area contributed by atoms with Gasteiger partial charge in [0, 0.05) is 13.1 Å². The van der Waals surface area contributed by atoms with Crippen LogP contribution in [-0.4, -0.2) is 26.3 Å². The number of hydrogen-bond acceptors (Lipinski definition) is 2. The summed E-state index contributed by atoms with van der Waals surface area (Å²) in [5, 5.41) is 3.40. The molecule has 1 atom stereocenters. The molecule has 1 rings (SSSR count). The van der Waals surface area contributed by atoms with Crippen LogP contribution in [0.4, 0.5) is 0 Å². The van der Waals surface area contributed by atoms with Crippen LogP contribution in [0.5, 0.6) is 0 Å². The van der Waals surface area contributed by atoms with Gasteiger partial charge in [0.1, 0.15) is 0 Å². The van der Waals surface area contributed by atoms with Crippen molar-refractivity contribution in [2.24, 2.45) is 0 Å². The fraction of sp³-hybridized carbons (Fsp3) is 0.467. The average molecular weight is 233 g/mol. The molecule has 17 heavy (non-hydrogen) atoms. The summed E-state index contributed by atoms with van der Waals surface area (Å²) in [6.07, 6.45) is 0. The van der Waals surface area contributed by atoms with Crippen LogP contribution in [0.3, 0.4) is 0 Å². The van der Waals surface area contributed by atoms with Gasteiger partial charge in [-0.05, 0) is 18.4 Å². The van der Waals surface area contributed by atoms with Gasteiger partial charge < -0.3 is 10.1 Å². The van der Waals surface area contributed by atoms with Crippen LogP contribution >= 0.6 is 0 Å². The Morgan fingerprint density at radius 2 is 2.06 bits per heavy atom. The smallest absolute Gasteiger partial charge is 0.0672 e. The van der Waals surface area contributed by atoms with Crippen molar-refractivity contribution < 1.29 is 4.74 Å². The lowest BCUT2D eigenvalue weighted by Crippen LogP contribution is -2.24. The van der Waals surface area contributed by atoms with Gasteiger partial charge in [0.15, 0.2) is 0 Å². The Morgan fingerprint density at radius 1 is 1.35 bits per heavy atom. The minimum Gasteiger partial charge on any atom is -0.376 e. The predicted molar refractivity (Wildman–Crippen MR) is 73.4 cm³/mol. The van der Waals surface area contributed by atoms with Crippen LogP contribution in [0, 0.1) is 0 Å². The standard InChI is InChI=1S/C15H23NO/c1-13(2)12-17-10-9-16-11-14(3)15-7-5-4-6-8-15/h4-8,14,16H,1,9-12H2,2-3H3. The highest BCUT2D eigenvalue weighted by molar-refractivity contribution is 5.18. The van der Waals surface area contributed by atoms with E-state index in [1.807, 2.05) is 6.92 Å². The largest absolute Gasteiger partial charge is 0.376 e. The second kappa shape index (κ2) is 8.04. The van der Waals surface area contributed by atoms with Crippen LogP contribution in [0.2, 0.25) is 0 Å². The minimum absolute atomic E-state index is 0.539. The Labute approximate surface area is 105 Å². The van der Waals surface area contributed by atoms with Crippen molar-refractivity contribution in [3.8, 4) is 0 Å². The Balaban J connectivity index is 2.09. The zero-order valence-corrected chi connectivity index (χ0v) is 10.9. The van der Waals surface area contributed by atoms with Crippen molar-refractivity contribution in [2.75, 3.05) is 26.3 Å². The van der Waals surface area contributed by atoms with Gasteiger partial charge in [-0.1, -0.05) is 49.4 Å². The van der Waals surface area contributed by atoms with Crippen LogP contribution in [0.25, 0.3) is 0 Å². The molecule has 0 fully saturated rings. The van der Waals surface area contributed by atoms with E-state index in [1.165, 1.54) is 5.56 Å². The molecule has 94 valence electrons. The lowest BCUT2D eigenvalue weighted by Gasteiger charge is -2.13. The van der Waals surface area contributed by atoms with Gasteiger partial charge in [0.2, 0.25) is 0 Å². The summed E-state index contributed by atoms with van der Waals surface area (Å²) in [6, 6.07) is 10.6. The van der Waals surface area contributed by atoms with E-state index < -0.39 is 0 Å². The first-order valence-electron chi connectivity index (χ1n) is 6.18. The van der Waals surface area contributed by atoms with Crippen molar-refractivity contribution in [1.82, 2.24) is 5.32 Å². The summed E-state index contributed by atoms with van der Waals surface area (Å²) >= 11 is 0. The van der Waals surface area contributed by atoms with E-state index in [1.54, 1.807) is 0 Å². The van der Waals surface area contributed by atoms with Crippen LogP contribution < -0.4 is 5.32 Å². The molecule has 0 aliphatic rings. The molecule has 0 radical (unpaired) electrons. The highest BCUT2D eigenvalue weighted by Gasteiger charge is 2.03. The maximum atomic E-state index is 5.42. The molecule has 0 aromatic heterocycles. The first-order chi connectivity index (χ1) is 8.20. The molecule has 0 bridgehead atoms. The van der Waals surface area contributed by atoms with Gasteiger partial charge >= 0.3 is 0 Å². The molecule has 0 spiro atoms. The van der Waals surface area contributed by atoms with E-state index in [-0.39, 0.29) is 0 Å². The number of benzene rings is 1. The molecule has 0 saturated heterocycles. The molecule has 0 aliphatic heterocycles. The number of hydrogen-bond donors (Lipinski definition) is 1. The lowest BCUT2D eigenvalue weighted by molar-refractivity contribution is 0.158. The van der Waals surface area contributed by atoms with Crippen LogP contribution in [0.1, 0.15) is 25.3 Å². The Hall–Kier alpha value is -1.12. The molecule has 1 aromatic rings. The topological polar surface area (TPSA) is 21.3 Å². The fourth-order valence-corrected chi connectivity index (χ4v) is 1.61. The molecule has 1 aromatic carbocycles. The normalized spacial score (nSPS) is 12.4. The molecule has 0 saturated carbocycles. The van der Waals surface area contributed by atoms with Gasteiger partial charge in [0.05, 0.1) is 13.2 Å². The van der Waals surface area contributed by atoms with Crippen molar-refractivity contribution in [3.05, 3.63) is 48.0 Å². The van der Waals surface area contributed by atoms with Gasteiger partial charge in [-0.15, -0.1) is 0 Å². The SMILES string of the molecule is C=C(C)COCCNCC(C)c1ccccc1. The summed E-state index contributed by atoms with van der Waals surface area (Å²) in [4.78, 5) is 0. The second-order valence-electron chi connectivity index (χ2n) is 4.53. The van der Waals surface area contributed by atoms with Crippen LogP contribution in [0.15, 0.2) is 42.5 Å². The molecule has 1 unspecified atom stereocenters. The average Bonchev–Trinajstić information content (AvgIpc) is 2.34. The van der Waals surface area contributed by atoms with E-state index in [9.17, 15) is 0 Å². The Bertz CT molecular complexity index is 321. The van der Waals surface area contributed by atoms with Crippen molar-refractivity contribution in [3.63, 3.8) is 0 Å². The molecular formula is C15H23NO. The summed E-state index contributed by atoms with van der Waals surface area (Å²) in [6.45, 7) is 11.3. The summed E-state index contributed by atoms with van der Waals surface area (Å²) in [7, 11) is 0. The van der Waals surface area contributed by atoms with Gasteiger partial charge in [-0.3, -0.25) is 0 Å². The first kappa shape index (κ1) is 13.9. The zero-order chi connectivity index (χ0) is 12.5. The van der Waals surface area contributed by atoms with E-state index >= 15 is 0 Å². The fourth-order valence-electron chi connectivity index (χ4n) is 1.61. The first-order valence-corrected chi connectivity index (χ1v) is 6.18. The van der Waals surface area contributed by atoms with Crippen molar-refractivity contribution in [2.45, 2.75) is 19.8 Å². The third-order valence-electron chi connectivity index (χ3n) is 2.59. The molecule has 0 aliphatic carbocycles. The quantitative estimate of drug-likeness (QED) is 0.550. The van der Waals surface area contributed by atoms with E-state index in [4.69, 9.17) is 4.74 Å². The molecule has 1 N–H and O–H groups in total. The predicted octanol–water partition coefficient (Wildman–Crippen LogP) is 2.97. The van der Waals surface area contributed by atoms with Gasteiger partial charge in [-0.2, -0.15) is 0 Å². The van der Waals surface area contributed by atoms with Gasteiger partial charge in [-0.25, -0.2) is 0 Å². The molecular weight excluding hydrogens is 210 g/mol. The van der Waals surface area contributed by atoms with Crippen molar-refractivity contribution >= 4 is 0 Å². The lowest BCUT2D eigenvalue weighted by atomic mass is 10.0. The van der Waals surface area contributed by atoms with E-state index in [0.29, 0.717) is 12.5 Å². The Kier molecular flexibility index (Phi) is 6.60. The third kappa shape index (κ3) is 6.25. The number of rotatable bonds is 8. The maximum Gasteiger partial charge on any atom is 0.0672 e. The monoisotopic (exact) mass is 233 g/mol. The van der Waals surface area contributed by atoms with Gasteiger partial charge in [0.25, 0.3) is 0 Å². The zero-order valence-electron chi connectivity index (χ0n) is 10.9. The second-order valence-corrected chi connectivity index (χ2v) is 4.53. The highest BCUT2D eigenvalue weighted by Crippen LogP contribution is 2.12. The molecule has 0 heterocycles. The third-order valence-corrected chi connectivity index (χ3v) is 2.59. The summed E-state index contributed by atoms with van der Waals surface area (Å²) in [5.74, 6) is 0.539. The molecule has 0 amide bonds. The van der Waals surface area contributed by atoms with Crippen molar-refractivity contribution in [1.29, 1.82) is 0 Å². The molecule has 2 heteroatoms. The van der Waals surface area contributed by atoms with E-state index in [2.05, 4.69) is 49.2 Å². The number of nitrogens with one attached hydrogen (secondary N) is 1. The maximum absolute atomic E-state index is 5.42. The number of ether oxygens (including phenoxy) is 1. The molecule has 2 nitrogen and oxygen atoms in total. The summed E-state index contributed by atoms with van der Waals surface area (Å²) < 4.78 is 5.42. The minimum atomic E-state index is 0.539. The van der Waals surface area contributed by atoms with E-state index in [0.717, 1.165) is 25.3 Å². The van der Waals surface area contributed by atoms with Crippen LogP contribution in [-0.2, 0) is 4.74 Å². The Morgan fingerprint density at radius 3 is 2.71 bits per heavy atom.